The summed E-state index contributed by atoms with van der Waals surface area (Å²) in [5.74, 6) is -1.31. The van der Waals surface area contributed by atoms with Gasteiger partial charge in [0.25, 0.3) is 0 Å². The molecule has 0 aliphatic carbocycles. The first-order valence-corrected chi connectivity index (χ1v) is 10.4. The number of methoxy groups -OCH3 is 1. The van der Waals surface area contributed by atoms with Crippen LogP contribution in [0.15, 0.2) is 36.4 Å². The van der Waals surface area contributed by atoms with E-state index < -0.39 is 30.0 Å². The van der Waals surface area contributed by atoms with Crippen molar-refractivity contribution in [1.29, 1.82) is 5.26 Å². The lowest BCUT2D eigenvalue weighted by atomic mass is 9.74. The number of hydrogen-bond donors (Lipinski definition) is 2. The molecule has 0 saturated heterocycles. The molecule has 4 nitrogen and oxygen atoms in total. The Balaban J connectivity index is 2.04. The second kappa shape index (κ2) is 8.51. The fourth-order valence-corrected chi connectivity index (χ4v) is 4.34. The Morgan fingerprint density at radius 2 is 1.81 bits per heavy atom. The highest BCUT2D eigenvalue weighted by atomic mass is 19.4. The predicted molar refractivity (Wildman–Crippen MR) is 118 cm³/mol. The minimum atomic E-state index is -4.86. The summed E-state index contributed by atoms with van der Waals surface area (Å²) in [6, 6.07) is 12.3. The lowest BCUT2D eigenvalue weighted by Crippen LogP contribution is -2.53. The summed E-state index contributed by atoms with van der Waals surface area (Å²) in [5.41, 5.74) is 0.568. The fourth-order valence-electron chi connectivity index (χ4n) is 4.34. The smallest absolute Gasteiger partial charge is 0.417 e. The average Bonchev–Trinajstić information content (AvgIpc) is 3.14. The van der Waals surface area contributed by atoms with E-state index in [1.54, 1.807) is 44.2 Å². The molecule has 2 N–H and O–H groups in total. The Labute approximate surface area is 185 Å². The van der Waals surface area contributed by atoms with Crippen molar-refractivity contribution in [1.82, 2.24) is 4.98 Å². The molecule has 0 fully saturated rings. The number of fused-ring (bicyclic) bond motifs is 1. The molecule has 7 heteroatoms. The second-order valence-electron chi connectivity index (χ2n) is 8.58. The summed E-state index contributed by atoms with van der Waals surface area (Å²) in [6.45, 7) is 6.75. The zero-order chi connectivity index (χ0) is 23.8. The molecule has 3 aromatic rings. The zero-order valence-corrected chi connectivity index (χ0v) is 18.8. The molecule has 0 saturated carbocycles. The molecule has 1 heterocycles. The van der Waals surface area contributed by atoms with Gasteiger partial charge in [-0.3, -0.25) is 0 Å². The van der Waals surface area contributed by atoms with Crippen LogP contribution in [-0.2, 0) is 6.42 Å². The summed E-state index contributed by atoms with van der Waals surface area (Å²) >= 11 is 0. The quantitative estimate of drug-likeness (QED) is 0.494. The highest BCUT2D eigenvalue weighted by Gasteiger charge is 2.58. The van der Waals surface area contributed by atoms with Crippen molar-refractivity contribution in [2.24, 2.45) is 5.92 Å². The van der Waals surface area contributed by atoms with Gasteiger partial charge in [-0.05, 0) is 55.2 Å². The lowest BCUT2D eigenvalue weighted by Gasteiger charge is -2.39. The van der Waals surface area contributed by atoms with Crippen molar-refractivity contribution in [3.63, 3.8) is 0 Å². The maximum absolute atomic E-state index is 14.3. The number of benzene rings is 2. The molecule has 32 heavy (non-hydrogen) atoms. The number of H-pyrrole nitrogens is 1. The van der Waals surface area contributed by atoms with Gasteiger partial charge in [-0.25, -0.2) is 0 Å². The number of halogens is 3. The van der Waals surface area contributed by atoms with Gasteiger partial charge in [0.2, 0.25) is 0 Å². The summed E-state index contributed by atoms with van der Waals surface area (Å²) < 4.78 is 48.2. The maximum Gasteiger partial charge on any atom is 0.417 e. The molecule has 0 bridgehead atoms. The Morgan fingerprint density at radius 3 is 2.41 bits per heavy atom. The van der Waals surface area contributed by atoms with E-state index in [1.165, 1.54) is 14.0 Å². The number of aromatic amines is 1. The molecule has 3 rings (SSSR count). The van der Waals surface area contributed by atoms with Crippen LogP contribution < -0.4 is 4.74 Å². The number of hydrogen-bond acceptors (Lipinski definition) is 3. The maximum atomic E-state index is 14.3. The number of nitrogens with zero attached hydrogens (tertiary/aromatic N) is 1. The van der Waals surface area contributed by atoms with E-state index >= 15 is 0 Å². The number of aliphatic hydroxyl groups is 1. The zero-order valence-electron chi connectivity index (χ0n) is 18.8. The molecule has 1 aromatic heterocycles. The van der Waals surface area contributed by atoms with Gasteiger partial charge in [0.05, 0.1) is 18.7 Å². The van der Waals surface area contributed by atoms with Crippen LogP contribution in [0.25, 0.3) is 10.9 Å². The monoisotopic (exact) mass is 444 g/mol. The average molecular weight is 444 g/mol. The van der Waals surface area contributed by atoms with Crippen LogP contribution >= 0.6 is 0 Å². The van der Waals surface area contributed by atoms with Crippen molar-refractivity contribution < 1.29 is 23.0 Å². The van der Waals surface area contributed by atoms with Crippen molar-refractivity contribution >= 4 is 10.9 Å². The summed E-state index contributed by atoms with van der Waals surface area (Å²) in [5, 5.41) is 21.0. The normalized spacial score (nSPS) is 15.8. The van der Waals surface area contributed by atoms with Gasteiger partial charge in [0.1, 0.15) is 5.75 Å². The number of nitrogens with one attached hydrogen (secondary N) is 1. The molecule has 0 aliphatic heterocycles. The molecule has 3 atom stereocenters. The van der Waals surface area contributed by atoms with Crippen molar-refractivity contribution in [2.45, 2.75) is 51.8 Å². The van der Waals surface area contributed by atoms with Gasteiger partial charge in [-0.15, -0.1) is 0 Å². The molecular weight excluding hydrogens is 417 g/mol. The first kappa shape index (κ1) is 23.7. The highest BCUT2D eigenvalue weighted by Crippen LogP contribution is 2.46. The van der Waals surface area contributed by atoms with Crippen LogP contribution in [0.1, 0.15) is 47.7 Å². The van der Waals surface area contributed by atoms with Gasteiger partial charge in [0, 0.05) is 28.9 Å². The summed E-state index contributed by atoms with van der Waals surface area (Å²) in [7, 11) is 1.48. The lowest BCUT2D eigenvalue weighted by molar-refractivity contribution is -0.279. The Bertz CT molecular complexity index is 1180. The Morgan fingerprint density at radius 1 is 1.12 bits per heavy atom. The topological polar surface area (TPSA) is 69.0 Å². The molecule has 0 spiro atoms. The van der Waals surface area contributed by atoms with E-state index in [2.05, 4.69) is 4.98 Å². The first-order chi connectivity index (χ1) is 14.9. The number of ether oxygens (including phenoxy) is 1. The third-order valence-electron chi connectivity index (χ3n) is 6.46. The number of aryl methyl sites for hydroxylation is 2. The van der Waals surface area contributed by atoms with Crippen LogP contribution in [0.2, 0.25) is 0 Å². The van der Waals surface area contributed by atoms with E-state index in [0.717, 1.165) is 16.5 Å². The molecule has 0 aliphatic rings. The largest absolute Gasteiger partial charge is 0.496 e. The molecular formula is C25H27F3N2O2. The number of nitriles is 1. The second-order valence-corrected chi connectivity index (χ2v) is 8.58. The number of aromatic nitrogens is 1. The van der Waals surface area contributed by atoms with Crippen LogP contribution in [-0.4, -0.2) is 29.0 Å². The Kier molecular flexibility index (Phi) is 6.30. The SMILES string of the molecule is COc1ccc(C)cc1C(C)C(C)C(O)(Cc1cc2c(C)cc(C#N)cc2[nH]1)C(F)(F)F. The van der Waals surface area contributed by atoms with Crippen LogP contribution in [0.5, 0.6) is 5.75 Å². The Hall–Kier alpha value is -2.98. The fraction of sp³-hybridized carbons (Fsp3) is 0.400. The minimum absolute atomic E-state index is 0.258. The molecule has 2 aromatic carbocycles. The number of rotatable bonds is 6. The van der Waals surface area contributed by atoms with E-state index in [9.17, 15) is 18.3 Å². The van der Waals surface area contributed by atoms with Gasteiger partial charge in [0.15, 0.2) is 5.60 Å². The summed E-state index contributed by atoms with van der Waals surface area (Å²) in [4.78, 5) is 2.97. The first-order valence-electron chi connectivity index (χ1n) is 10.4. The molecule has 3 unspecified atom stereocenters. The standard InChI is InChI=1S/C25H27F3N2O2/c1-14-6-7-23(32-5)21(8-14)16(3)17(4)24(31,25(26,27)28)12-19-11-20-15(2)9-18(13-29)10-22(20)30-19/h6-11,16-17,30-31H,12H2,1-5H3. The van der Waals surface area contributed by atoms with E-state index in [-0.39, 0.29) is 5.69 Å². The van der Waals surface area contributed by atoms with E-state index in [1.807, 2.05) is 19.1 Å². The molecule has 0 amide bonds. The summed E-state index contributed by atoms with van der Waals surface area (Å²) in [6.07, 6.45) is -5.49. The highest BCUT2D eigenvalue weighted by molar-refractivity contribution is 5.85. The number of alkyl halides is 3. The van der Waals surface area contributed by atoms with Gasteiger partial charge in [-0.2, -0.15) is 18.4 Å². The molecule has 170 valence electrons. The van der Waals surface area contributed by atoms with Crippen LogP contribution in [0, 0.1) is 31.1 Å². The van der Waals surface area contributed by atoms with Crippen molar-refractivity contribution in [3.05, 3.63) is 64.3 Å². The van der Waals surface area contributed by atoms with Crippen molar-refractivity contribution in [3.8, 4) is 11.8 Å². The van der Waals surface area contributed by atoms with Gasteiger partial charge in [-0.1, -0.05) is 31.5 Å². The predicted octanol–water partition coefficient (Wildman–Crippen LogP) is 5.94. The van der Waals surface area contributed by atoms with Crippen molar-refractivity contribution in [2.75, 3.05) is 7.11 Å². The van der Waals surface area contributed by atoms with E-state index in [4.69, 9.17) is 10.00 Å². The third kappa shape index (κ3) is 4.20. The van der Waals surface area contributed by atoms with Crippen LogP contribution in [0.3, 0.4) is 0 Å². The van der Waals surface area contributed by atoms with E-state index in [0.29, 0.717) is 22.4 Å². The van der Waals surface area contributed by atoms with Gasteiger partial charge >= 0.3 is 6.18 Å². The molecule has 0 radical (unpaired) electrons. The van der Waals surface area contributed by atoms with Crippen LogP contribution in [0.4, 0.5) is 13.2 Å². The van der Waals surface area contributed by atoms with Gasteiger partial charge < -0.3 is 14.8 Å². The minimum Gasteiger partial charge on any atom is -0.496 e. The third-order valence-corrected chi connectivity index (χ3v) is 6.46.